The van der Waals surface area contributed by atoms with Crippen molar-refractivity contribution in [1.29, 1.82) is 0 Å². The van der Waals surface area contributed by atoms with Crippen LogP contribution < -0.4 is 4.90 Å². The standard InChI is InChI=1S/C22H26N2O2S.C4H4O4/c1-2-20(25)17-8-9-22-19(16-17)24(18-6-3-4-7-21(18)27-22)11-5-10-23-12-14-26-15-13-23;5-3(6)1-2-4(7)8/h3-4,6-9,16H,2,5,10-15H2,1H3;1-2H,(H,5,6)(H,7,8)/b;2-1+. The van der Waals surface area contributed by atoms with Gasteiger partial charge in [-0.15, -0.1) is 0 Å². The highest BCUT2D eigenvalue weighted by atomic mass is 32.2. The molecule has 0 spiro atoms. The molecule has 0 atom stereocenters. The Morgan fingerprint density at radius 1 is 0.943 bits per heavy atom. The van der Waals surface area contributed by atoms with Crippen molar-refractivity contribution in [2.24, 2.45) is 0 Å². The number of anilines is 2. The van der Waals surface area contributed by atoms with Gasteiger partial charge >= 0.3 is 11.9 Å². The number of hydrogen-bond donors (Lipinski definition) is 2. The van der Waals surface area contributed by atoms with E-state index in [1.54, 1.807) is 11.8 Å². The maximum Gasteiger partial charge on any atom is 0.328 e. The van der Waals surface area contributed by atoms with E-state index in [2.05, 4.69) is 46.2 Å². The first-order valence-corrected chi connectivity index (χ1v) is 12.4. The minimum absolute atomic E-state index is 0.204. The minimum Gasteiger partial charge on any atom is -0.478 e. The first-order valence-electron chi connectivity index (χ1n) is 11.5. The fraction of sp³-hybridized carbons (Fsp3) is 0.346. The van der Waals surface area contributed by atoms with Crippen LogP contribution in [0.4, 0.5) is 11.4 Å². The van der Waals surface area contributed by atoms with Gasteiger partial charge < -0.3 is 19.8 Å². The number of rotatable bonds is 8. The summed E-state index contributed by atoms with van der Waals surface area (Å²) in [5.74, 6) is -2.31. The predicted molar refractivity (Wildman–Crippen MR) is 135 cm³/mol. The average molecular weight is 499 g/mol. The number of carbonyl (C=O) groups is 3. The van der Waals surface area contributed by atoms with Crippen molar-refractivity contribution in [2.45, 2.75) is 29.6 Å². The van der Waals surface area contributed by atoms with Crippen LogP contribution in [-0.2, 0) is 14.3 Å². The van der Waals surface area contributed by atoms with Gasteiger partial charge in [-0.3, -0.25) is 9.69 Å². The zero-order valence-corrected chi connectivity index (χ0v) is 20.5. The van der Waals surface area contributed by atoms with E-state index in [1.807, 2.05) is 13.0 Å². The van der Waals surface area contributed by atoms with Crippen LogP contribution in [0.25, 0.3) is 0 Å². The number of carboxylic acid groups (broad SMARTS) is 2. The first kappa shape index (κ1) is 26.5. The number of benzene rings is 2. The number of hydrogen-bond acceptors (Lipinski definition) is 7. The van der Waals surface area contributed by atoms with E-state index in [0.717, 1.165) is 51.4 Å². The van der Waals surface area contributed by atoms with Crippen molar-refractivity contribution in [3.63, 3.8) is 0 Å². The van der Waals surface area contributed by atoms with Crippen molar-refractivity contribution >= 4 is 40.9 Å². The summed E-state index contributed by atoms with van der Waals surface area (Å²) in [6.45, 7) is 7.69. The van der Waals surface area contributed by atoms with Gasteiger partial charge in [0.1, 0.15) is 0 Å². The molecule has 0 amide bonds. The van der Waals surface area contributed by atoms with Crippen LogP contribution in [0.2, 0.25) is 0 Å². The third-order valence-electron chi connectivity index (χ3n) is 5.60. The van der Waals surface area contributed by atoms with Crippen molar-refractivity contribution in [3.05, 3.63) is 60.2 Å². The average Bonchev–Trinajstić information content (AvgIpc) is 2.87. The Labute approximate surface area is 209 Å². The Hall–Kier alpha value is -3.14. The van der Waals surface area contributed by atoms with Crippen LogP contribution in [0.1, 0.15) is 30.1 Å². The molecule has 1 saturated heterocycles. The molecule has 186 valence electrons. The number of aliphatic carboxylic acids is 2. The van der Waals surface area contributed by atoms with Crippen LogP contribution in [0.5, 0.6) is 0 Å². The van der Waals surface area contributed by atoms with Crippen LogP contribution in [0.3, 0.4) is 0 Å². The van der Waals surface area contributed by atoms with Crippen LogP contribution >= 0.6 is 11.8 Å². The van der Waals surface area contributed by atoms with Crippen molar-refractivity contribution < 1.29 is 29.3 Å². The smallest absolute Gasteiger partial charge is 0.328 e. The molecule has 35 heavy (non-hydrogen) atoms. The van der Waals surface area contributed by atoms with Gasteiger partial charge in [0.15, 0.2) is 5.78 Å². The molecule has 0 aromatic heterocycles. The Kier molecular flexibility index (Phi) is 9.89. The van der Waals surface area contributed by atoms with E-state index in [0.29, 0.717) is 18.6 Å². The monoisotopic (exact) mass is 498 g/mol. The second-order valence-electron chi connectivity index (χ2n) is 8.00. The highest BCUT2D eigenvalue weighted by Gasteiger charge is 2.24. The summed E-state index contributed by atoms with van der Waals surface area (Å²) in [6, 6.07) is 14.7. The number of ketones is 1. The molecule has 0 radical (unpaired) electrons. The second-order valence-corrected chi connectivity index (χ2v) is 9.08. The summed E-state index contributed by atoms with van der Waals surface area (Å²) >= 11 is 1.80. The second kappa shape index (κ2) is 13.1. The van der Waals surface area contributed by atoms with Gasteiger partial charge in [-0.25, -0.2) is 9.59 Å². The lowest BCUT2D eigenvalue weighted by Gasteiger charge is -2.34. The summed E-state index contributed by atoms with van der Waals surface area (Å²) in [5, 5.41) is 15.6. The highest BCUT2D eigenvalue weighted by molar-refractivity contribution is 7.99. The molecule has 9 heteroatoms. The zero-order valence-electron chi connectivity index (χ0n) is 19.7. The molecule has 0 saturated carbocycles. The summed E-state index contributed by atoms with van der Waals surface area (Å²) in [4.78, 5) is 38.7. The summed E-state index contributed by atoms with van der Waals surface area (Å²) in [7, 11) is 0. The normalized spacial score (nSPS) is 15.1. The third-order valence-corrected chi connectivity index (χ3v) is 6.73. The van der Waals surface area contributed by atoms with Crippen LogP contribution in [0.15, 0.2) is 64.4 Å². The van der Waals surface area contributed by atoms with E-state index in [9.17, 15) is 14.4 Å². The topological polar surface area (TPSA) is 107 Å². The lowest BCUT2D eigenvalue weighted by Crippen LogP contribution is -2.38. The number of carboxylic acids is 2. The van der Waals surface area contributed by atoms with E-state index in [-0.39, 0.29) is 5.78 Å². The Bertz CT molecular complexity index is 1070. The molecule has 0 aliphatic carbocycles. The van der Waals surface area contributed by atoms with Gasteiger partial charge in [0.05, 0.1) is 24.6 Å². The van der Waals surface area contributed by atoms with Gasteiger partial charge in [0.2, 0.25) is 0 Å². The maximum absolute atomic E-state index is 12.2. The Balaban J connectivity index is 0.000000371. The number of nitrogens with zero attached hydrogens (tertiary/aromatic N) is 2. The van der Waals surface area contributed by atoms with E-state index in [1.165, 1.54) is 21.2 Å². The number of morpholine rings is 1. The quantitative estimate of drug-likeness (QED) is 0.406. The number of ether oxygens (including phenoxy) is 1. The van der Waals surface area contributed by atoms with Crippen molar-refractivity contribution in [2.75, 3.05) is 44.3 Å². The molecule has 2 aliphatic rings. The summed E-state index contributed by atoms with van der Waals surface area (Å²) in [6.07, 6.45) is 2.74. The maximum atomic E-state index is 12.2. The van der Waals surface area contributed by atoms with Gasteiger partial charge in [-0.2, -0.15) is 0 Å². The number of fused-ring (bicyclic) bond motifs is 2. The predicted octanol–water partition coefficient (Wildman–Crippen LogP) is 4.32. The lowest BCUT2D eigenvalue weighted by molar-refractivity contribution is -0.134. The molecule has 1 fully saturated rings. The van der Waals surface area contributed by atoms with E-state index < -0.39 is 11.9 Å². The lowest BCUT2D eigenvalue weighted by atomic mass is 10.1. The van der Waals surface area contributed by atoms with Gasteiger partial charge in [-0.05, 0) is 30.7 Å². The van der Waals surface area contributed by atoms with Crippen molar-refractivity contribution in [3.8, 4) is 0 Å². The third kappa shape index (κ3) is 7.68. The molecule has 8 nitrogen and oxygen atoms in total. The first-order chi connectivity index (χ1) is 16.9. The SMILES string of the molecule is CCC(=O)c1ccc2c(c1)N(CCCN1CCOCC1)c1ccccc1S2.O=C(O)/C=C/C(=O)O. The Morgan fingerprint density at radius 3 is 2.26 bits per heavy atom. The number of Topliss-reactive ketones (excluding diaryl/α,β-unsaturated/α-hetero) is 1. The molecular formula is C26H30N2O6S. The minimum atomic E-state index is -1.26. The zero-order chi connectivity index (χ0) is 25.2. The van der Waals surface area contributed by atoms with Gasteiger partial charge in [-0.1, -0.05) is 36.9 Å². The largest absolute Gasteiger partial charge is 0.478 e. The fourth-order valence-corrected chi connectivity index (χ4v) is 4.94. The molecular weight excluding hydrogens is 468 g/mol. The molecule has 2 aromatic carbocycles. The van der Waals surface area contributed by atoms with Gasteiger partial charge in [0, 0.05) is 60.1 Å². The molecule has 2 aliphatic heterocycles. The van der Waals surface area contributed by atoms with Crippen LogP contribution in [0, 0.1) is 0 Å². The molecule has 2 heterocycles. The summed E-state index contributed by atoms with van der Waals surface area (Å²) in [5.41, 5.74) is 3.23. The Morgan fingerprint density at radius 2 is 1.60 bits per heavy atom. The number of para-hydroxylation sites is 1. The van der Waals surface area contributed by atoms with Crippen molar-refractivity contribution in [1.82, 2.24) is 4.90 Å². The van der Waals surface area contributed by atoms with E-state index in [4.69, 9.17) is 14.9 Å². The molecule has 2 N–H and O–H groups in total. The molecule has 4 rings (SSSR count). The highest BCUT2D eigenvalue weighted by Crippen LogP contribution is 2.48. The molecule has 2 aromatic rings. The van der Waals surface area contributed by atoms with E-state index >= 15 is 0 Å². The fourth-order valence-electron chi connectivity index (χ4n) is 3.87. The summed E-state index contributed by atoms with van der Waals surface area (Å²) < 4.78 is 5.45. The molecule has 0 unspecified atom stereocenters. The van der Waals surface area contributed by atoms with Gasteiger partial charge in [0.25, 0.3) is 0 Å². The molecule has 0 bridgehead atoms. The van der Waals surface area contributed by atoms with Crippen LogP contribution in [-0.4, -0.2) is 72.2 Å². The number of carbonyl (C=O) groups excluding carboxylic acids is 1.